The molecule has 1 fully saturated rings. The number of hydrogen-bond donors (Lipinski definition) is 2. The van der Waals surface area contributed by atoms with Gasteiger partial charge in [-0.2, -0.15) is 5.26 Å². The molecule has 1 aromatic heterocycles. The highest BCUT2D eigenvalue weighted by molar-refractivity contribution is 5.70. The van der Waals surface area contributed by atoms with Gasteiger partial charge in [0.1, 0.15) is 11.8 Å². The first-order valence-electron chi connectivity index (χ1n) is 6.03. The highest BCUT2D eigenvalue weighted by Crippen LogP contribution is 2.32. The number of nitriles is 1. The van der Waals surface area contributed by atoms with Crippen LogP contribution in [0.15, 0.2) is 18.3 Å². The molecular weight excluding hydrogens is 230 g/mol. The van der Waals surface area contributed by atoms with Gasteiger partial charge >= 0.3 is 5.97 Å². The number of anilines is 1. The first kappa shape index (κ1) is 12.4. The second-order valence-electron chi connectivity index (χ2n) is 4.56. The molecule has 1 aromatic rings. The lowest BCUT2D eigenvalue weighted by atomic mass is 9.96. The van der Waals surface area contributed by atoms with Crippen LogP contribution in [0.5, 0.6) is 0 Å². The Bertz CT molecular complexity index is 481. The Morgan fingerprint density at radius 1 is 1.61 bits per heavy atom. The predicted molar refractivity (Wildman–Crippen MR) is 65.9 cm³/mol. The quantitative estimate of drug-likeness (QED) is 0.845. The molecule has 0 bridgehead atoms. The molecule has 5 heteroatoms. The number of rotatable bonds is 4. The standard InChI is InChI=1S/C13H15N3O2/c14-7-11-6-10(4-5-15-11)16-8-9-2-1-3-12(9)13(17)18/h4-6,9,12H,1-3,8H2,(H,15,16)(H,17,18). The minimum absolute atomic E-state index is 0.168. The molecule has 0 aliphatic heterocycles. The van der Waals surface area contributed by atoms with Gasteiger partial charge in [0, 0.05) is 18.4 Å². The maximum Gasteiger partial charge on any atom is 0.306 e. The molecule has 0 amide bonds. The molecule has 0 saturated heterocycles. The highest BCUT2D eigenvalue weighted by Gasteiger charge is 2.32. The van der Waals surface area contributed by atoms with E-state index in [1.54, 1.807) is 18.3 Å². The molecule has 0 aromatic carbocycles. The Kier molecular flexibility index (Phi) is 3.78. The minimum atomic E-state index is -0.702. The molecule has 5 nitrogen and oxygen atoms in total. The van der Waals surface area contributed by atoms with Crippen molar-refractivity contribution < 1.29 is 9.90 Å². The molecule has 2 atom stereocenters. The van der Waals surface area contributed by atoms with Crippen molar-refractivity contribution >= 4 is 11.7 Å². The molecule has 2 rings (SSSR count). The molecule has 1 heterocycles. The zero-order valence-corrected chi connectivity index (χ0v) is 9.97. The van der Waals surface area contributed by atoms with E-state index >= 15 is 0 Å². The second kappa shape index (κ2) is 5.50. The van der Waals surface area contributed by atoms with Crippen LogP contribution in [0.3, 0.4) is 0 Å². The van der Waals surface area contributed by atoms with Crippen molar-refractivity contribution in [2.45, 2.75) is 19.3 Å². The smallest absolute Gasteiger partial charge is 0.306 e. The Balaban J connectivity index is 1.95. The van der Waals surface area contributed by atoms with Crippen LogP contribution in [0, 0.1) is 23.2 Å². The van der Waals surface area contributed by atoms with E-state index in [2.05, 4.69) is 10.3 Å². The summed E-state index contributed by atoms with van der Waals surface area (Å²) >= 11 is 0. The lowest BCUT2D eigenvalue weighted by molar-refractivity contribution is -0.142. The van der Waals surface area contributed by atoms with E-state index in [1.807, 2.05) is 6.07 Å². The fourth-order valence-corrected chi connectivity index (χ4v) is 2.46. The van der Waals surface area contributed by atoms with E-state index in [1.165, 1.54) is 0 Å². The molecule has 18 heavy (non-hydrogen) atoms. The summed E-state index contributed by atoms with van der Waals surface area (Å²) in [6.45, 7) is 0.631. The number of nitrogens with one attached hydrogen (secondary N) is 1. The normalized spacial score (nSPS) is 22.4. The third kappa shape index (κ3) is 2.77. The maximum atomic E-state index is 11.0. The van der Waals surface area contributed by atoms with E-state index in [9.17, 15) is 4.79 Å². The summed E-state index contributed by atoms with van der Waals surface area (Å²) in [5, 5.41) is 21.0. The van der Waals surface area contributed by atoms with Gasteiger partial charge in [-0.05, 0) is 30.9 Å². The maximum absolute atomic E-state index is 11.0. The van der Waals surface area contributed by atoms with Gasteiger partial charge in [-0.15, -0.1) is 0 Å². The number of nitrogens with zero attached hydrogens (tertiary/aromatic N) is 2. The highest BCUT2D eigenvalue weighted by atomic mass is 16.4. The van der Waals surface area contributed by atoms with Crippen LogP contribution in [-0.4, -0.2) is 22.6 Å². The van der Waals surface area contributed by atoms with Crippen molar-refractivity contribution in [2.24, 2.45) is 11.8 Å². The summed E-state index contributed by atoms with van der Waals surface area (Å²) in [6.07, 6.45) is 4.26. The van der Waals surface area contributed by atoms with Crippen molar-refractivity contribution in [1.82, 2.24) is 4.98 Å². The first-order chi connectivity index (χ1) is 8.70. The topological polar surface area (TPSA) is 86.0 Å². The molecule has 94 valence electrons. The number of aliphatic carboxylic acids is 1. The first-order valence-corrected chi connectivity index (χ1v) is 6.03. The SMILES string of the molecule is N#Cc1cc(NCC2CCCC2C(=O)O)ccn1. The van der Waals surface area contributed by atoms with E-state index in [0.29, 0.717) is 12.2 Å². The molecule has 0 radical (unpaired) electrons. The van der Waals surface area contributed by atoms with Gasteiger partial charge in [0.05, 0.1) is 5.92 Å². The molecule has 2 N–H and O–H groups in total. The molecule has 1 aliphatic rings. The van der Waals surface area contributed by atoms with Crippen molar-refractivity contribution in [3.63, 3.8) is 0 Å². The van der Waals surface area contributed by atoms with Crippen molar-refractivity contribution in [3.05, 3.63) is 24.0 Å². The van der Waals surface area contributed by atoms with Crippen LogP contribution in [-0.2, 0) is 4.79 Å². The molecule has 2 unspecified atom stereocenters. The summed E-state index contributed by atoms with van der Waals surface area (Å²) in [6, 6.07) is 5.43. The summed E-state index contributed by atoms with van der Waals surface area (Å²) < 4.78 is 0. The number of aromatic nitrogens is 1. The Labute approximate surface area is 105 Å². The number of pyridine rings is 1. The van der Waals surface area contributed by atoms with Gasteiger partial charge < -0.3 is 10.4 Å². The summed E-state index contributed by atoms with van der Waals surface area (Å²) in [4.78, 5) is 14.9. The third-order valence-corrected chi connectivity index (χ3v) is 3.42. The molecule has 1 aliphatic carbocycles. The number of carboxylic acids is 1. The zero-order valence-electron chi connectivity index (χ0n) is 9.97. The molecule has 0 spiro atoms. The zero-order chi connectivity index (χ0) is 13.0. The lowest BCUT2D eigenvalue weighted by Gasteiger charge is -2.17. The predicted octanol–water partition coefficient (Wildman–Crippen LogP) is 1.87. The van der Waals surface area contributed by atoms with Crippen LogP contribution in [0.4, 0.5) is 5.69 Å². The molecular formula is C13H15N3O2. The number of hydrogen-bond acceptors (Lipinski definition) is 4. The van der Waals surface area contributed by atoms with Gasteiger partial charge in [0.25, 0.3) is 0 Å². The Morgan fingerprint density at radius 2 is 2.44 bits per heavy atom. The summed E-state index contributed by atoms with van der Waals surface area (Å²) in [7, 11) is 0. The lowest BCUT2D eigenvalue weighted by Crippen LogP contribution is -2.24. The van der Waals surface area contributed by atoms with E-state index in [-0.39, 0.29) is 11.8 Å². The van der Waals surface area contributed by atoms with Crippen molar-refractivity contribution in [3.8, 4) is 6.07 Å². The Hall–Kier alpha value is -2.09. The number of carboxylic acid groups (broad SMARTS) is 1. The van der Waals surface area contributed by atoms with Crippen LogP contribution in [0.1, 0.15) is 25.0 Å². The largest absolute Gasteiger partial charge is 0.481 e. The van der Waals surface area contributed by atoms with Gasteiger partial charge in [0.15, 0.2) is 0 Å². The van der Waals surface area contributed by atoms with E-state index in [4.69, 9.17) is 10.4 Å². The van der Waals surface area contributed by atoms with Crippen molar-refractivity contribution in [2.75, 3.05) is 11.9 Å². The monoisotopic (exact) mass is 245 g/mol. The third-order valence-electron chi connectivity index (χ3n) is 3.42. The minimum Gasteiger partial charge on any atom is -0.481 e. The van der Waals surface area contributed by atoms with Crippen LogP contribution in [0.2, 0.25) is 0 Å². The van der Waals surface area contributed by atoms with Gasteiger partial charge in [0.2, 0.25) is 0 Å². The Morgan fingerprint density at radius 3 is 3.17 bits per heavy atom. The van der Waals surface area contributed by atoms with Gasteiger partial charge in [-0.3, -0.25) is 4.79 Å². The average Bonchev–Trinajstić information content (AvgIpc) is 2.85. The second-order valence-corrected chi connectivity index (χ2v) is 4.56. The van der Waals surface area contributed by atoms with E-state index < -0.39 is 5.97 Å². The fourth-order valence-electron chi connectivity index (χ4n) is 2.46. The van der Waals surface area contributed by atoms with Gasteiger partial charge in [-0.25, -0.2) is 4.98 Å². The average molecular weight is 245 g/mol. The van der Waals surface area contributed by atoms with Gasteiger partial charge in [-0.1, -0.05) is 6.42 Å². The van der Waals surface area contributed by atoms with Crippen molar-refractivity contribution in [1.29, 1.82) is 5.26 Å². The van der Waals surface area contributed by atoms with Crippen LogP contribution < -0.4 is 5.32 Å². The fraction of sp³-hybridized carbons (Fsp3) is 0.462. The van der Waals surface area contributed by atoms with Crippen LogP contribution in [0.25, 0.3) is 0 Å². The molecule has 1 saturated carbocycles. The van der Waals surface area contributed by atoms with Crippen LogP contribution >= 0.6 is 0 Å². The summed E-state index contributed by atoms with van der Waals surface area (Å²) in [5.74, 6) is -0.775. The van der Waals surface area contributed by atoms with E-state index in [0.717, 1.165) is 24.9 Å². The summed E-state index contributed by atoms with van der Waals surface area (Å²) in [5.41, 5.74) is 1.18. The number of carbonyl (C=O) groups is 1.